The summed E-state index contributed by atoms with van der Waals surface area (Å²) in [6.07, 6.45) is 0. The van der Waals surface area contributed by atoms with Gasteiger partial charge < -0.3 is 4.98 Å². The molecule has 1 N–H and O–H groups in total. The van der Waals surface area contributed by atoms with E-state index in [1.54, 1.807) is 0 Å². The summed E-state index contributed by atoms with van der Waals surface area (Å²) in [7, 11) is 0. The standard InChI is InChI=1S/C6H15Cl2NSi/c1-5-9-10(7,8)6(2,3)4/h9H,5H2,1-4H3. The highest BCUT2D eigenvalue weighted by Gasteiger charge is 2.41. The molecule has 0 atom stereocenters. The van der Waals surface area contributed by atoms with Crippen molar-refractivity contribution in [1.29, 1.82) is 0 Å². The predicted octanol–water partition coefficient (Wildman–Crippen LogP) is 2.81. The first kappa shape index (κ1) is 10.8. The molecule has 1 nitrogen and oxygen atoms in total. The van der Waals surface area contributed by atoms with Crippen LogP contribution in [0.15, 0.2) is 0 Å². The van der Waals surface area contributed by atoms with Crippen LogP contribution in [0.2, 0.25) is 5.04 Å². The minimum Gasteiger partial charge on any atom is -0.314 e. The Hall–Kier alpha value is 0.757. The van der Waals surface area contributed by atoms with Crippen LogP contribution in [0.5, 0.6) is 0 Å². The SMILES string of the molecule is CCN[Si](Cl)(Cl)C(C)(C)C. The van der Waals surface area contributed by atoms with Crippen molar-refractivity contribution in [1.82, 2.24) is 4.98 Å². The second-order valence-corrected chi connectivity index (χ2v) is 10.3. The summed E-state index contributed by atoms with van der Waals surface area (Å²) in [5.74, 6) is 0. The van der Waals surface area contributed by atoms with Crippen LogP contribution in [0, 0.1) is 0 Å². The normalized spacial score (nSPS) is 13.8. The van der Waals surface area contributed by atoms with E-state index in [1.807, 2.05) is 6.92 Å². The Labute approximate surface area is 73.6 Å². The van der Waals surface area contributed by atoms with Gasteiger partial charge in [-0.15, -0.1) is 22.2 Å². The molecule has 0 aliphatic carbocycles. The number of hydrogen-bond acceptors (Lipinski definition) is 1. The molecule has 0 unspecified atom stereocenters. The molecule has 10 heavy (non-hydrogen) atoms. The van der Waals surface area contributed by atoms with E-state index in [1.165, 1.54) is 0 Å². The third-order valence-electron chi connectivity index (χ3n) is 1.34. The highest BCUT2D eigenvalue weighted by atomic mass is 35.7. The van der Waals surface area contributed by atoms with Crippen LogP contribution in [-0.4, -0.2) is 13.4 Å². The Morgan fingerprint density at radius 3 is 1.80 bits per heavy atom. The second kappa shape index (κ2) is 3.44. The molecule has 0 aliphatic heterocycles. The molecule has 0 bridgehead atoms. The van der Waals surface area contributed by atoms with Gasteiger partial charge in [0.1, 0.15) is 0 Å². The van der Waals surface area contributed by atoms with E-state index >= 15 is 0 Å². The molecule has 0 heterocycles. The van der Waals surface area contributed by atoms with Gasteiger partial charge in [-0.3, -0.25) is 0 Å². The van der Waals surface area contributed by atoms with Crippen molar-refractivity contribution in [3.63, 3.8) is 0 Å². The molecule has 62 valence electrons. The fourth-order valence-corrected chi connectivity index (χ4v) is 2.26. The molecule has 0 aromatic rings. The van der Waals surface area contributed by atoms with Crippen molar-refractivity contribution in [2.75, 3.05) is 6.54 Å². The van der Waals surface area contributed by atoms with Gasteiger partial charge in [-0.2, -0.15) is 0 Å². The van der Waals surface area contributed by atoms with Crippen LogP contribution in [0.1, 0.15) is 27.7 Å². The fraction of sp³-hybridized carbons (Fsp3) is 1.00. The number of rotatable bonds is 2. The largest absolute Gasteiger partial charge is 0.327 e. The minimum atomic E-state index is -2.21. The van der Waals surface area contributed by atoms with Gasteiger partial charge in [0.25, 0.3) is 0 Å². The van der Waals surface area contributed by atoms with Crippen molar-refractivity contribution >= 4 is 29.0 Å². The number of halogens is 2. The molecule has 0 spiro atoms. The van der Waals surface area contributed by atoms with Gasteiger partial charge in [0.2, 0.25) is 0 Å². The molecule has 0 rings (SSSR count). The summed E-state index contributed by atoms with van der Waals surface area (Å²) in [4.78, 5) is 3.13. The highest BCUT2D eigenvalue weighted by Crippen LogP contribution is 2.39. The lowest BCUT2D eigenvalue weighted by molar-refractivity contribution is 0.718. The third-order valence-corrected chi connectivity index (χ3v) is 8.23. The van der Waals surface area contributed by atoms with Crippen molar-refractivity contribution in [2.45, 2.75) is 32.7 Å². The molecular weight excluding hydrogens is 185 g/mol. The van der Waals surface area contributed by atoms with Gasteiger partial charge >= 0.3 is 6.86 Å². The van der Waals surface area contributed by atoms with E-state index in [0.29, 0.717) is 0 Å². The molecule has 0 saturated carbocycles. The average molecular weight is 200 g/mol. The summed E-state index contributed by atoms with van der Waals surface area (Å²) in [6, 6.07) is 0. The Morgan fingerprint density at radius 1 is 1.30 bits per heavy atom. The van der Waals surface area contributed by atoms with E-state index in [-0.39, 0.29) is 5.04 Å². The van der Waals surface area contributed by atoms with Crippen LogP contribution in [-0.2, 0) is 0 Å². The summed E-state index contributed by atoms with van der Waals surface area (Å²) in [5.41, 5.74) is 0. The summed E-state index contributed by atoms with van der Waals surface area (Å²) < 4.78 is 0. The van der Waals surface area contributed by atoms with E-state index < -0.39 is 6.86 Å². The van der Waals surface area contributed by atoms with E-state index in [0.717, 1.165) is 6.54 Å². The lowest BCUT2D eigenvalue weighted by atomic mass is 10.3. The molecule has 4 heteroatoms. The Bertz CT molecular complexity index is 109. The quantitative estimate of drug-likeness (QED) is 0.534. The maximum absolute atomic E-state index is 6.11. The van der Waals surface area contributed by atoms with Gasteiger partial charge in [-0.1, -0.05) is 27.7 Å². The average Bonchev–Trinajstić information content (AvgIpc) is 1.61. The van der Waals surface area contributed by atoms with Crippen LogP contribution in [0.25, 0.3) is 0 Å². The van der Waals surface area contributed by atoms with Gasteiger partial charge in [0.15, 0.2) is 0 Å². The fourth-order valence-electron chi connectivity index (χ4n) is 0.487. The van der Waals surface area contributed by atoms with Crippen LogP contribution < -0.4 is 4.98 Å². The topological polar surface area (TPSA) is 12.0 Å². The first-order valence-corrected chi connectivity index (χ1v) is 7.46. The van der Waals surface area contributed by atoms with E-state index in [4.69, 9.17) is 22.2 Å². The van der Waals surface area contributed by atoms with Gasteiger partial charge in [0.05, 0.1) is 0 Å². The first-order valence-electron chi connectivity index (χ1n) is 3.44. The zero-order chi connectivity index (χ0) is 8.41. The zero-order valence-electron chi connectivity index (χ0n) is 6.96. The zero-order valence-corrected chi connectivity index (χ0v) is 9.47. The molecule has 0 fully saturated rings. The summed E-state index contributed by atoms with van der Waals surface area (Å²) in [6.45, 7) is 6.82. The molecule has 0 aliphatic rings. The Balaban J connectivity index is 4.10. The molecule has 0 saturated heterocycles. The van der Waals surface area contributed by atoms with E-state index in [9.17, 15) is 0 Å². The van der Waals surface area contributed by atoms with Gasteiger partial charge in [-0.05, 0) is 11.6 Å². The Kier molecular flexibility index (Phi) is 3.70. The van der Waals surface area contributed by atoms with Crippen LogP contribution >= 0.6 is 22.2 Å². The molecular formula is C6H15Cl2NSi. The Morgan fingerprint density at radius 2 is 1.70 bits per heavy atom. The predicted molar refractivity (Wildman–Crippen MR) is 50.9 cm³/mol. The molecule has 0 amide bonds. The van der Waals surface area contributed by atoms with Crippen LogP contribution in [0.3, 0.4) is 0 Å². The minimum absolute atomic E-state index is 0.00607. The van der Waals surface area contributed by atoms with Gasteiger partial charge in [0, 0.05) is 0 Å². The van der Waals surface area contributed by atoms with Gasteiger partial charge in [-0.25, -0.2) is 0 Å². The van der Waals surface area contributed by atoms with E-state index in [2.05, 4.69) is 25.8 Å². The van der Waals surface area contributed by atoms with Crippen molar-refractivity contribution in [2.24, 2.45) is 0 Å². The molecule has 0 aromatic carbocycles. The third kappa shape index (κ3) is 2.78. The second-order valence-electron chi connectivity index (χ2n) is 3.35. The monoisotopic (exact) mass is 199 g/mol. The van der Waals surface area contributed by atoms with Crippen molar-refractivity contribution in [3.05, 3.63) is 0 Å². The highest BCUT2D eigenvalue weighted by molar-refractivity contribution is 7.45. The van der Waals surface area contributed by atoms with Crippen LogP contribution in [0.4, 0.5) is 0 Å². The maximum atomic E-state index is 6.11. The lowest BCUT2D eigenvalue weighted by Gasteiger charge is -2.31. The molecule has 0 radical (unpaired) electrons. The van der Waals surface area contributed by atoms with Crippen molar-refractivity contribution in [3.8, 4) is 0 Å². The summed E-state index contributed by atoms with van der Waals surface area (Å²) >= 11 is 12.2. The smallest absolute Gasteiger partial charge is 0.314 e. The number of hydrogen-bond donors (Lipinski definition) is 1. The maximum Gasteiger partial charge on any atom is 0.327 e. The van der Waals surface area contributed by atoms with Crippen molar-refractivity contribution < 1.29 is 0 Å². The number of nitrogens with one attached hydrogen (secondary N) is 1. The summed E-state index contributed by atoms with van der Waals surface area (Å²) in [5, 5.41) is 0.00607. The molecule has 0 aromatic heterocycles. The first-order chi connectivity index (χ1) is 4.31. The lowest BCUT2D eigenvalue weighted by Crippen LogP contribution is -2.47.